The van der Waals surface area contributed by atoms with Crippen molar-refractivity contribution in [2.45, 2.75) is 13.8 Å². The van der Waals surface area contributed by atoms with E-state index in [9.17, 15) is 9.90 Å². The lowest BCUT2D eigenvalue weighted by molar-refractivity contribution is 0.0697. The number of phenolic OH excluding ortho intramolecular Hbond substituents is 1. The molecule has 136 valence electrons. The van der Waals surface area contributed by atoms with Gasteiger partial charge in [-0.3, -0.25) is 0 Å². The molecule has 2 aromatic heterocycles. The van der Waals surface area contributed by atoms with Crippen LogP contribution in [0.3, 0.4) is 0 Å². The highest BCUT2D eigenvalue weighted by Gasteiger charge is 2.10. The maximum Gasteiger partial charge on any atom is 0.335 e. The summed E-state index contributed by atoms with van der Waals surface area (Å²) in [6, 6.07) is 15.8. The standard InChI is InChI=1S/C20H14N2O3.C2H6/c23-16-3-1-2-14(8-16)15-9-17-18(11-22-19(17)21-10-15)12-4-6-13(7-5-12)20(24)25;1-2/h1-11,23H,(H,21,22)(H,24,25);1-2H3. The number of aromatic amines is 1. The number of aromatic nitrogens is 2. The van der Waals surface area contributed by atoms with Gasteiger partial charge in [-0.05, 0) is 41.5 Å². The van der Waals surface area contributed by atoms with Crippen LogP contribution in [0.2, 0.25) is 0 Å². The Morgan fingerprint density at radius 2 is 1.70 bits per heavy atom. The molecule has 2 aromatic carbocycles. The number of nitrogens with one attached hydrogen (secondary N) is 1. The SMILES string of the molecule is CC.O=C(O)c1ccc(-c2c[nH]c3ncc(-c4cccc(O)c4)cc23)cc1. The first-order valence-corrected chi connectivity index (χ1v) is 8.72. The first kappa shape index (κ1) is 18.2. The summed E-state index contributed by atoms with van der Waals surface area (Å²) in [4.78, 5) is 18.6. The van der Waals surface area contributed by atoms with E-state index in [1.54, 1.807) is 48.7 Å². The molecule has 0 aliphatic rings. The predicted molar refractivity (Wildman–Crippen MR) is 107 cm³/mol. The molecule has 0 fully saturated rings. The molecule has 0 spiro atoms. The number of hydrogen-bond donors (Lipinski definition) is 3. The van der Waals surface area contributed by atoms with Crippen molar-refractivity contribution in [3.63, 3.8) is 0 Å². The maximum absolute atomic E-state index is 11.0. The molecule has 0 radical (unpaired) electrons. The van der Waals surface area contributed by atoms with Gasteiger partial charge in [-0.25, -0.2) is 9.78 Å². The van der Waals surface area contributed by atoms with Crippen molar-refractivity contribution in [1.82, 2.24) is 9.97 Å². The number of rotatable bonds is 3. The summed E-state index contributed by atoms with van der Waals surface area (Å²) in [7, 11) is 0. The second-order valence-corrected chi connectivity index (χ2v) is 5.76. The van der Waals surface area contributed by atoms with Gasteiger partial charge in [0, 0.05) is 28.9 Å². The largest absolute Gasteiger partial charge is 0.508 e. The predicted octanol–water partition coefficient (Wildman–Crippen LogP) is 5.33. The molecule has 4 rings (SSSR count). The number of carboxylic acids is 1. The van der Waals surface area contributed by atoms with Crippen molar-refractivity contribution in [1.29, 1.82) is 0 Å². The second kappa shape index (κ2) is 7.74. The lowest BCUT2D eigenvalue weighted by Gasteiger charge is -2.04. The summed E-state index contributed by atoms with van der Waals surface area (Å²) in [5.74, 6) is -0.741. The van der Waals surface area contributed by atoms with E-state index in [1.807, 2.05) is 32.2 Å². The summed E-state index contributed by atoms with van der Waals surface area (Å²) >= 11 is 0. The van der Waals surface area contributed by atoms with Crippen molar-refractivity contribution < 1.29 is 15.0 Å². The maximum atomic E-state index is 11.0. The van der Waals surface area contributed by atoms with Gasteiger partial charge in [0.15, 0.2) is 0 Å². The minimum Gasteiger partial charge on any atom is -0.508 e. The molecule has 0 bridgehead atoms. The number of carboxylic acid groups (broad SMARTS) is 1. The topological polar surface area (TPSA) is 86.2 Å². The third kappa shape index (κ3) is 3.67. The van der Waals surface area contributed by atoms with E-state index in [1.165, 1.54) is 0 Å². The molecule has 5 nitrogen and oxygen atoms in total. The first-order chi connectivity index (χ1) is 13.1. The first-order valence-electron chi connectivity index (χ1n) is 8.72. The summed E-state index contributed by atoms with van der Waals surface area (Å²) in [6.07, 6.45) is 3.62. The summed E-state index contributed by atoms with van der Waals surface area (Å²) < 4.78 is 0. The number of hydrogen-bond acceptors (Lipinski definition) is 3. The van der Waals surface area contributed by atoms with Gasteiger partial charge in [0.1, 0.15) is 11.4 Å². The second-order valence-electron chi connectivity index (χ2n) is 5.76. The number of phenols is 1. The van der Waals surface area contributed by atoms with E-state index in [0.717, 1.165) is 33.3 Å². The third-order valence-corrected chi connectivity index (χ3v) is 4.15. The molecule has 0 saturated heterocycles. The van der Waals surface area contributed by atoms with E-state index < -0.39 is 5.97 Å². The molecular weight excluding hydrogens is 340 g/mol. The van der Waals surface area contributed by atoms with Gasteiger partial charge in [-0.15, -0.1) is 0 Å². The average Bonchev–Trinajstić information content (AvgIpc) is 3.13. The molecule has 27 heavy (non-hydrogen) atoms. The van der Waals surface area contributed by atoms with Gasteiger partial charge in [-0.2, -0.15) is 0 Å². The highest BCUT2D eigenvalue weighted by molar-refractivity contribution is 5.96. The zero-order valence-corrected chi connectivity index (χ0v) is 15.1. The summed E-state index contributed by atoms with van der Waals surface area (Å²) in [5.41, 5.74) is 4.63. The molecule has 0 aliphatic carbocycles. The molecule has 5 heteroatoms. The fourth-order valence-corrected chi connectivity index (χ4v) is 2.88. The average molecular weight is 360 g/mol. The summed E-state index contributed by atoms with van der Waals surface area (Å²) in [6.45, 7) is 4.00. The van der Waals surface area contributed by atoms with Gasteiger partial charge < -0.3 is 15.2 Å². The van der Waals surface area contributed by atoms with E-state index in [2.05, 4.69) is 9.97 Å². The fraction of sp³-hybridized carbons (Fsp3) is 0.0909. The Bertz CT molecular complexity index is 1080. The van der Waals surface area contributed by atoms with Gasteiger partial charge in [0.2, 0.25) is 0 Å². The molecular formula is C22H20N2O3. The molecule has 0 amide bonds. The van der Waals surface area contributed by atoms with Crippen LogP contribution >= 0.6 is 0 Å². The Labute approximate surface area is 157 Å². The van der Waals surface area contributed by atoms with E-state index >= 15 is 0 Å². The summed E-state index contributed by atoms with van der Waals surface area (Å²) in [5, 5.41) is 19.6. The molecule has 0 saturated carbocycles. The Kier molecular flexibility index (Phi) is 5.22. The van der Waals surface area contributed by atoms with Gasteiger partial charge >= 0.3 is 5.97 Å². The van der Waals surface area contributed by atoms with Crippen LogP contribution in [0.4, 0.5) is 0 Å². The fourth-order valence-electron chi connectivity index (χ4n) is 2.88. The van der Waals surface area contributed by atoms with Crippen LogP contribution in [-0.4, -0.2) is 26.2 Å². The number of nitrogens with zero attached hydrogens (tertiary/aromatic N) is 1. The normalized spacial score (nSPS) is 10.3. The van der Waals surface area contributed by atoms with Crippen LogP contribution < -0.4 is 0 Å². The van der Waals surface area contributed by atoms with Crippen LogP contribution in [0.25, 0.3) is 33.3 Å². The van der Waals surface area contributed by atoms with E-state index in [4.69, 9.17) is 5.11 Å². The minimum atomic E-state index is -0.946. The van der Waals surface area contributed by atoms with Crippen molar-refractivity contribution >= 4 is 17.0 Å². The molecule has 2 heterocycles. The molecule has 0 atom stereocenters. The Morgan fingerprint density at radius 3 is 2.37 bits per heavy atom. The van der Waals surface area contributed by atoms with Crippen molar-refractivity contribution in [3.05, 3.63) is 72.6 Å². The third-order valence-electron chi connectivity index (χ3n) is 4.15. The minimum absolute atomic E-state index is 0.205. The highest BCUT2D eigenvalue weighted by Crippen LogP contribution is 2.31. The number of aromatic carboxylic acids is 1. The van der Waals surface area contributed by atoms with Crippen LogP contribution in [0.5, 0.6) is 5.75 Å². The number of fused-ring (bicyclic) bond motifs is 1. The highest BCUT2D eigenvalue weighted by atomic mass is 16.4. The van der Waals surface area contributed by atoms with Gasteiger partial charge in [-0.1, -0.05) is 38.1 Å². The molecule has 0 unspecified atom stereocenters. The van der Waals surface area contributed by atoms with Crippen LogP contribution in [0.1, 0.15) is 24.2 Å². The Hall–Kier alpha value is -3.60. The number of H-pyrrole nitrogens is 1. The van der Waals surface area contributed by atoms with E-state index in [-0.39, 0.29) is 11.3 Å². The quantitative estimate of drug-likeness (QED) is 0.461. The smallest absolute Gasteiger partial charge is 0.335 e. The number of carbonyl (C=O) groups is 1. The van der Waals surface area contributed by atoms with Gasteiger partial charge in [0.25, 0.3) is 0 Å². The number of benzene rings is 2. The molecule has 0 aliphatic heterocycles. The molecule has 4 aromatic rings. The molecule has 3 N–H and O–H groups in total. The lowest BCUT2D eigenvalue weighted by Crippen LogP contribution is -1.94. The Morgan fingerprint density at radius 1 is 0.963 bits per heavy atom. The lowest BCUT2D eigenvalue weighted by atomic mass is 10.0. The monoisotopic (exact) mass is 360 g/mol. The van der Waals surface area contributed by atoms with E-state index in [0.29, 0.717) is 0 Å². The van der Waals surface area contributed by atoms with Crippen LogP contribution in [0.15, 0.2) is 67.0 Å². The number of pyridine rings is 1. The van der Waals surface area contributed by atoms with Crippen LogP contribution in [0, 0.1) is 0 Å². The number of aromatic hydroxyl groups is 1. The van der Waals surface area contributed by atoms with Crippen molar-refractivity contribution in [3.8, 4) is 28.0 Å². The van der Waals surface area contributed by atoms with Gasteiger partial charge in [0.05, 0.1) is 5.56 Å². The van der Waals surface area contributed by atoms with Crippen molar-refractivity contribution in [2.75, 3.05) is 0 Å². The van der Waals surface area contributed by atoms with Crippen LogP contribution in [-0.2, 0) is 0 Å². The Balaban J connectivity index is 0.00000102. The zero-order valence-electron chi connectivity index (χ0n) is 15.1. The zero-order chi connectivity index (χ0) is 19.4. The van der Waals surface area contributed by atoms with Crippen molar-refractivity contribution in [2.24, 2.45) is 0 Å².